The van der Waals surface area contributed by atoms with E-state index in [4.69, 9.17) is 0 Å². The van der Waals surface area contributed by atoms with Crippen molar-refractivity contribution in [1.29, 1.82) is 0 Å². The number of carbonyl (C=O) groups excluding carboxylic acids is 3. The van der Waals surface area contributed by atoms with E-state index in [0.29, 0.717) is 13.0 Å². The Kier molecular flexibility index (Phi) is 7.37. The fraction of sp³-hybridized carbons (Fsp3) is 0.679. The molecule has 5 rings (SSSR count). The summed E-state index contributed by atoms with van der Waals surface area (Å²) in [6.07, 6.45) is 9.27. The highest BCUT2D eigenvalue weighted by Gasteiger charge is 2.77. The second-order valence-electron chi connectivity index (χ2n) is 11.2. The molecule has 3 amide bonds. The van der Waals surface area contributed by atoms with Crippen molar-refractivity contribution in [2.75, 3.05) is 18.5 Å². The average Bonchev–Trinajstić information content (AvgIpc) is 3.44. The smallest absolute Gasteiger partial charge is 0.244 e. The van der Waals surface area contributed by atoms with Gasteiger partial charge in [0.15, 0.2) is 0 Å². The lowest BCUT2D eigenvalue weighted by Crippen LogP contribution is -2.55. The summed E-state index contributed by atoms with van der Waals surface area (Å²) in [6, 6.07) is 9.02. The van der Waals surface area contributed by atoms with Gasteiger partial charge in [-0.2, -0.15) is 0 Å². The van der Waals surface area contributed by atoms with E-state index in [9.17, 15) is 19.5 Å². The Balaban J connectivity index is 1.43. The number of thioether (sulfide) groups is 1. The molecule has 2 bridgehead atoms. The number of nitrogens with one attached hydrogen (secondary N) is 2. The van der Waals surface area contributed by atoms with E-state index >= 15 is 0 Å². The maximum Gasteiger partial charge on any atom is 0.244 e. The lowest BCUT2D eigenvalue weighted by Gasteiger charge is -2.36. The molecule has 4 fully saturated rings. The summed E-state index contributed by atoms with van der Waals surface area (Å²) < 4.78 is -0.939. The minimum atomic E-state index is -0.569. The van der Waals surface area contributed by atoms with E-state index in [1.165, 1.54) is 6.42 Å². The summed E-state index contributed by atoms with van der Waals surface area (Å²) in [5.74, 6) is -1.18. The van der Waals surface area contributed by atoms with Gasteiger partial charge in [0.05, 0.1) is 16.6 Å². The molecule has 4 aliphatic rings. The van der Waals surface area contributed by atoms with E-state index in [1.54, 1.807) is 16.7 Å². The van der Waals surface area contributed by atoms with Crippen molar-refractivity contribution in [2.24, 2.45) is 11.8 Å². The van der Waals surface area contributed by atoms with Gasteiger partial charge in [-0.25, -0.2) is 0 Å². The number of para-hydroxylation sites is 1. The van der Waals surface area contributed by atoms with Gasteiger partial charge < -0.3 is 20.6 Å². The van der Waals surface area contributed by atoms with Gasteiger partial charge in [0.1, 0.15) is 6.04 Å². The molecule has 3 saturated heterocycles. The molecule has 1 aliphatic carbocycles. The molecule has 0 radical (unpaired) electrons. The van der Waals surface area contributed by atoms with Crippen molar-refractivity contribution < 1.29 is 19.5 Å². The lowest BCUT2D eigenvalue weighted by molar-refractivity contribution is -0.139. The first-order valence-electron chi connectivity index (χ1n) is 13.7. The Labute approximate surface area is 218 Å². The molecule has 5 atom stereocenters. The third-order valence-corrected chi connectivity index (χ3v) is 10.8. The monoisotopic (exact) mass is 513 g/mol. The Morgan fingerprint density at radius 3 is 2.53 bits per heavy atom. The van der Waals surface area contributed by atoms with Crippen LogP contribution in [0.2, 0.25) is 0 Å². The number of aliphatic hydroxyl groups is 1. The SMILES string of the molecule is C[C@]12CCC3(S1)C(C(=O)NC1CCCCC1)N(CCCCCO)C(=O)[C@@H]3[C@H]2C(=O)Nc1ccccc1. The Bertz CT molecular complexity index is 984. The third kappa shape index (κ3) is 4.44. The van der Waals surface area contributed by atoms with Crippen LogP contribution < -0.4 is 10.6 Å². The topological polar surface area (TPSA) is 98.7 Å². The summed E-state index contributed by atoms with van der Waals surface area (Å²) in [7, 11) is 0. The molecule has 36 heavy (non-hydrogen) atoms. The average molecular weight is 514 g/mol. The third-order valence-electron chi connectivity index (χ3n) is 8.86. The van der Waals surface area contributed by atoms with Gasteiger partial charge in [-0.3, -0.25) is 14.4 Å². The number of carbonyl (C=O) groups is 3. The van der Waals surface area contributed by atoms with E-state index in [0.717, 1.165) is 57.1 Å². The summed E-state index contributed by atoms with van der Waals surface area (Å²) >= 11 is 1.72. The van der Waals surface area contributed by atoms with Crippen molar-refractivity contribution in [2.45, 2.75) is 92.7 Å². The van der Waals surface area contributed by atoms with Gasteiger partial charge in [-0.15, -0.1) is 11.8 Å². The number of amides is 3. The Morgan fingerprint density at radius 1 is 1.06 bits per heavy atom. The highest BCUT2D eigenvalue weighted by atomic mass is 32.2. The number of fused-ring (bicyclic) bond motifs is 1. The quantitative estimate of drug-likeness (QED) is 0.437. The second kappa shape index (κ2) is 10.4. The van der Waals surface area contributed by atoms with Crippen LogP contribution in [0, 0.1) is 11.8 Å². The molecule has 3 N–H and O–H groups in total. The first kappa shape index (κ1) is 25.6. The Hall–Kier alpha value is -2.06. The van der Waals surface area contributed by atoms with Crippen molar-refractivity contribution in [1.82, 2.24) is 10.2 Å². The van der Waals surface area contributed by atoms with Crippen LogP contribution in [-0.4, -0.2) is 62.5 Å². The van der Waals surface area contributed by atoms with Crippen LogP contribution >= 0.6 is 11.8 Å². The molecule has 0 aromatic heterocycles. The number of hydrogen-bond acceptors (Lipinski definition) is 5. The maximum atomic E-state index is 14.1. The second-order valence-corrected chi connectivity index (χ2v) is 13.1. The van der Waals surface area contributed by atoms with Crippen molar-refractivity contribution in [3.8, 4) is 0 Å². The largest absolute Gasteiger partial charge is 0.396 e. The van der Waals surface area contributed by atoms with Gasteiger partial charge >= 0.3 is 0 Å². The fourth-order valence-corrected chi connectivity index (χ4v) is 9.56. The molecule has 1 saturated carbocycles. The minimum Gasteiger partial charge on any atom is -0.396 e. The number of rotatable bonds is 9. The van der Waals surface area contributed by atoms with Crippen LogP contribution in [0.4, 0.5) is 5.69 Å². The number of anilines is 1. The van der Waals surface area contributed by atoms with Crippen LogP contribution in [0.1, 0.15) is 71.1 Å². The van der Waals surface area contributed by atoms with Crippen LogP contribution in [-0.2, 0) is 14.4 Å². The van der Waals surface area contributed by atoms with Crippen LogP contribution in [0.15, 0.2) is 30.3 Å². The van der Waals surface area contributed by atoms with Gasteiger partial charge in [-0.05, 0) is 64.0 Å². The first-order valence-corrected chi connectivity index (χ1v) is 14.5. The van der Waals surface area contributed by atoms with Crippen molar-refractivity contribution >= 4 is 35.2 Å². The summed E-state index contributed by atoms with van der Waals surface area (Å²) in [5, 5.41) is 15.6. The molecule has 1 aromatic rings. The molecule has 1 aromatic carbocycles. The predicted octanol–water partition coefficient (Wildman–Crippen LogP) is 3.72. The molecule has 3 heterocycles. The van der Waals surface area contributed by atoms with Gasteiger partial charge in [0.2, 0.25) is 17.7 Å². The van der Waals surface area contributed by atoms with Crippen LogP contribution in [0.5, 0.6) is 0 Å². The minimum absolute atomic E-state index is 0.0409. The molecular formula is C28H39N3O4S. The molecule has 2 unspecified atom stereocenters. The molecular weight excluding hydrogens is 474 g/mol. The van der Waals surface area contributed by atoms with Gasteiger partial charge in [0.25, 0.3) is 0 Å². The van der Waals surface area contributed by atoms with E-state index < -0.39 is 22.6 Å². The lowest BCUT2D eigenvalue weighted by atomic mass is 9.66. The number of benzene rings is 1. The Morgan fingerprint density at radius 2 is 1.81 bits per heavy atom. The standard InChI is InChI=1S/C28H39N3O4S/c1-27-15-16-28(36-27)22(21(27)24(33)29-19-11-5-2-6-12-19)26(35)31(17-9-4-10-18-32)23(28)25(34)30-20-13-7-3-8-14-20/h2,5-6,11-12,20-23,32H,3-4,7-10,13-18H2,1H3,(H,29,33)(H,30,34)/t21-,22-,23?,27+,28?/m0/s1. The van der Waals surface area contributed by atoms with Crippen molar-refractivity contribution in [3.05, 3.63) is 30.3 Å². The number of hydrogen-bond donors (Lipinski definition) is 3. The molecule has 7 nitrogen and oxygen atoms in total. The van der Waals surface area contributed by atoms with E-state index in [2.05, 4.69) is 17.6 Å². The zero-order valence-electron chi connectivity index (χ0n) is 21.2. The maximum absolute atomic E-state index is 14.1. The highest BCUT2D eigenvalue weighted by Crippen LogP contribution is 2.71. The highest BCUT2D eigenvalue weighted by molar-refractivity contribution is 8.02. The number of likely N-dealkylation sites (tertiary alicyclic amines) is 1. The number of aliphatic hydroxyl groups excluding tert-OH is 1. The number of nitrogens with zero attached hydrogens (tertiary/aromatic N) is 1. The zero-order valence-corrected chi connectivity index (χ0v) is 22.0. The van der Waals surface area contributed by atoms with Gasteiger partial charge in [-0.1, -0.05) is 37.5 Å². The van der Waals surface area contributed by atoms with Crippen molar-refractivity contribution in [3.63, 3.8) is 0 Å². The molecule has 1 spiro atoms. The molecule has 196 valence electrons. The summed E-state index contributed by atoms with van der Waals surface area (Å²) in [6.45, 7) is 2.72. The summed E-state index contributed by atoms with van der Waals surface area (Å²) in [5.41, 5.74) is 0.728. The molecule has 8 heteroatoms. The first-order chi connectivity index (χ1) is 17.4. The van der Waals surface area contributed by atoms with Crippen LogP contribution in [0.3, 0.4) is 0 Å². The van der Waals surface area contributed by atoms with E-state index in [1.807, 2.05) is 30.3 Å². The molecule has 3 aliphatic heterocycles. The van der Waals surface area contributed by atoms with Crippen LogP contribution in [0.25, 0.3) is 0 Å². The fourth-order valence-electron chi connectivity index (χ4n) is 7.21. The van der Waals surface area contributed by atoms with E-state index in [-0.39, 0.29) is 35.1 Å². The summed E-state index contributed by atoms with van der Waals surface area (Å²) in [4.78, 5) is 43.4. The normalized spacial score (nSPS) is 33.6. The van der Waals surface area contributed by atoms with Gasteiger partial charge in [0, 0.05) is 29.6 Å². The zero-order chi connectivity index (χ0) is 25.3. The number of unbranched alkanes of at least 4 members (excludes halogenated alkanes) is 2. The predicted molar refractivity (Wildman–Crippen MR) is 141 cm³/mol.